The molecule has 6 N–H and O–H groups in total. The van der Waals surface area contributed by atoms with Gasteiger partial charge in [0.25, 0.3) is 0 Å². The van der Waals surface area contributed by atoms with Crippen LogP contribution in [0.2, 0.25) is 0 Å². The average molecular weight is 315 g/mol. The first-order chi connectivity index (χ1) is 10.3. The van der Waals surface area contributed by atoms with Gasteiger partial charge in [0.2, 0.25) is 5.84 Å². The number of nitrogens with one attached hydrogen (secondary N) is 1. The SMILES string of the molecule is CC1OC(OC2(O)CCCCC2)C(N)CC1OC(=O)C(=N)N. The van der Waals surface area contributed by atoms with Crippen molar-refractivity contribution in [1.29, 1.82) is 5.41 Å². The van der Waals surface area contributed by atoms with Crippen molar-refractivity contribution in [2.45, 2.75) is 75.8 Å². The lowest BCUT2D eigenvalue weighted by Gasteiger charge is -2.42. The maximum Gasteiger partial charge on any atom is 0.373 e. The van der Waals surface area contributed by atoms with Crippen molar-refractivity contribution >= 4 is 11.8 Å². The van der Waals surface area contributed by atoms with Crippen LogP contribution < -0.4 is 11.5 Å². The van der Waals surface area contributed by atoms with Crippen LogP contribution in [0.4, 0.5) is 0 Å². The molecular weight excluding hydrogens is 290 g/mol. The Hall–Kier alpha value is -1.22. The molecule has 0 amide bonds. The lowest BCUT2D eigenvalue weighted by molar-refractivity contribution is -0.330. The molecule has 0 radical (unpaired) electrons. The van der Waals surface area contributed by atoms with Crippen LogP contribution in [-0.2, 0) is 19.0 Å². The zero-order chi connectivity index (χ0) is 16.3. The molecule has 0 bridgehead atoms. The minimum absolute atomic E-state index is 0.320. The van der Waals surface area contributed by atoms with Gasteiger partial charge < -0.3 is 30.8 Å². The van der Waals surface area contributed by atoms with E-state index < -0.39 is 42.1 Å². The van der Waals surface area contributed by atoms with Crippen LogP contribution in [0, 0.1) is 5.41 Å². The molecule has 0 aromatic carbocycles. The van der Waals surface area contributed by atoms with Crippen LogP contribution in [-0.4, -0.2) is 47.2 Å². The number of nitrogens with two attached hydrogens (primary N) is 2. The average Bonchev–Trinajstić information content (AvgIpc) is 2.44. The number of hydrogen-bond acceptors (Lipinski definition) is 7. The maximum absolute atomic E-state index is 11.4. The molecule has 22 heavy (non-hydrogen) atoms. The van der Waals surface area contributed by atoms with Gasteiger partial charge in [-0.1, -0.05) is 6.42 Å². The van der Waals surface area contributed by atoms with Crippen LogP contribution in [0.5, 0.6) is 0 Å². The van der Waals surface area contributed by atoms with Gasteiger partial charge >= 0.3 is 5.97 Å². The first-order valence-electron chi connectivity index (χ1n) is 7.67. The second kappa shape index (κ2) is 6.91. The van der Waals surface area contributed by atoms with E-state index in [-0.39, 0.29) is 0 Å². The molecule has 4 atom stereocenters. The number of amidine groups is 1. The number of carbonyl (C=O) groups is 1. The Labute approximate surface area is 129 Å². The standard InChI is InChI=1S/C14H25N3O5/c1-8-10(21-12(18)11(16)17)7-9(15)13(20-8)22-14(19)5-3-2-4-6-14/h8-10,13,19H,2-7,15H2,1H3,(H3,16,17). The summed E-state index contributed by atoms with van der Waals surface area (Å²) in [6.07, 6.45) is 2.56. The minimum atomic E-state index is -1.19. The van der Waals surface area contributed by atoms with E-state index in [2.05, 4.69) is 0 Å². The normalized spacial score (nSPS) is 34.9. The molecule has 2 aliphatic rings. The van der Waals surface area contributed by atoms with Crippen molar-refractivity contribution in [3.8, 4) is 0 Å². The van der Waals surface area contributed by atoms with Crippen molar-refractivity contribution in [1.82, 2.24) is 0 Å². The van der Waals surface area contributed by atoms with Crippen molar-refractivity contribution in [3.05, 3.63) is 0 Å². The van der Waals surface area contributed by atoms with Crippen molar-refractivity contribution in [2.24, 2.45) is 11.5 Å². The van der Waals surface area contributed by atoms with Crippen LogP contribution in [0.15, 0.2) is 0 Å². The molecule has 0 spiro atoms. The van der Waals surface area contributed by atoms with E-state index in [9.17, 15) is 9.90 Å². The topological polar surface area (TPSA) is 141 Å². The van der Waals surface area contributed by atoms with Crippen LogP contribution >= 0.6 is 0 Å². The molecule has 2 rings (SSSR count). The number of carbonyl (C=O) groups excluding carboxylic acids is 1. The Kier molecular flexibility index (Phi) is 5.38. The first-order valence-corrected chi connectivity index (χ1v) is 7.67. The summed E-state index contributed by atoms with van der Waals surface area (Å²) in [7, 11) is 0. The van der Waals surface area contributed by atoms with Gasteiger partial charge in [-0.3, -0.25) is 5.41 Å². The van der Waals surface area contributed by atoms with E-state index in [4.69, 9.17) is 31.1 Å². The molecule has 8 nitrogen and oxygen atoms in total. The zero-order valence-corrected chi connectivity index (χ0v) is 12.8. The van der Waals surface area contributed by atoms with Gasteiger partial charge in [0.05, 0.1) is 12.1 Å². The van der Waals surface area contributed by atoms with Gasteiger partial charge in [-0.2, -0.15) is 0 Å². The molecule has 1 aliphatic carbocycles. The summed E-state index contributed by atoms with van der Waals surface area (Å²) < 4.78 is 16.5. The fourth-order valence-electron chi connectivity index (χ4n) is 2.87. The number of hydrogen-bond donors (Lipinski definition) is 4. The van der Waals surface area contributed by atoms with Gasteiger partial charge in [0, 0.05) is 19.3 Å². The Bertz CT molecular complexity index is 425. The van der Waals surface area contributed by atoms with Crippen molar-refractivity contribution < 1.29 is 24.1 Å². The summed E-state index contributed by atoms with van der Waals surface area (Å²) in [5.41, 5.74) is 11.1. The van der Waals surface area contributed by atoms with Crippen LogP contribution in [0.1, 0.15) is 45.4 Å². The minimum Gasteiger partial charge on any atom is -0.454 e. The summed E-state index contributed by atoms with van der Waals surface area (Å²) in [6.45, 7) is 1.73. The monoisotopic (exact) mass is 315 g/mol. The predicted octanol–water partition coefficient (Wildman–Crippen LogP) is -0.0343. The second-order valence-electron chi connectivity index (χ2n) is 6.09. The molecule has 0 aromatic rings. The Balaban J connectivity index is 1.92. The molecule has 4 unspecified atom stereocenters. The number of esters is 1. The number of rotatable bonds is 3. The highest BCUT2D eigenvalue weighted by Gasteiger charge is 2.42. The lowest BCUT2D eigenvalue weighted by atomic mass is 9.94. The quantitative estimate of drug-likeness (QED) is 0.248. The molecule has 0 aromatic heterocycles. The molecule has 1 heterocycles. The largest absolute Gasteiger partial charge is 0.454 e. The summed E-state index contributed by atoms with van der Waals surface area (Å²) >= 11 is 0. The first kappa shape index (κ1) is 17.1. The molecule has 8 heteroatoms. The molecule has 1 saturated carbocycles. The van der Waals surface area contributed by atoms with Gasteiger partial charge in [-0.05, 0) is 19.8 Å². The molecule has 2 fully saturated rings. The Morgan fingerprint density at radius 3 is 2.59 bits per heavy atom. The van der Waals surface area contributed by atoms with E-state index >= 15 is 0 Å². The van der Waals surface area contributed by atoms with Gasteiger partial charge in [0.1, 0.15) is 6.10 Å². The summed E-state index contributed by atoms with van der Waals surface area (Å²) in [4.78, 5) is 11.4. The third-order valence-electron chi connectivity index (χ3n) is 4.18. The van der Waals surface area contributed by atoms with E-state index in [1.165, 1.54) is 0 Å². The van der Waals surface area contributed by atoms with Gasteiger partial charge in [-0.15, -0.1) is 0 Å². The highest BCUT2D eigenvalue weighted by atomic mass is 16.7. The highest BCUT2D eigenvalue weighted by molar-refractivity contribution is 6.33. The van der Waals surface area contributed by atoms with Crippen molar-refractivity contribution in [3.63, 3.8) is 0 Å². The Morgan fingerprint density at radius 1 is 1.36 bits per heavy atom. The lowest BCUT2D eigenvalue weighted by Crippen LogP contribution is -2.55. The van der Waals surface area contributed by atoms with Gasteiger partial charge in [-0.25, -0.2) is 4.79 Å². The molecular formula is C14H25N3O5. The maximum atomic E-state index is 11.4. The second-order valence-corrected chi connectivity index (χ2v) is 6.09. The van der Waals surface area contributed by atoms with E-state index in [0.717, 1.165) is 19.3 Å². The van der Waals surface area contributed by atoms with Crippen LogP contribution in [0.25, 0.3) is 0 Å². The van der Waals surface area contributed by atoms with Crippen molar-refractivity contribution in [2.75, 3.05) is 0 Å². The predicted molar refractivity (Wildman–Crippen MR) is 77.8 cm³/mol. The third kappa shape index (κ3) is 4.16. The van der Waals surface area contributed by atoms with Gasteiger partial charge in [0.15, 0.2) is 12.1 Å². The van der Waals surface area contributed by atoms with E-state index in [0.29, 0.717) is 19.3 Å². The fraction of sp³-hybridized carbons (Fsp3) is 0.857. The summed E-state index contributed by atoms with van der Waals surface area (Å²) in [5, 5.41) is 17.5. The highest BCUT2D eigenvalue weighted by Crippen LogP contribution is 2.33. The Morgan fingerprint density at radius 2 is 2.00 bits per heavy atom. The number of ether oxygens (including phenoxy) is 3. The smallest absolute Gasteiger partial charge is 0.373 e. The summed E-state index contributed by atoms with van der Waals surface area (Å²) in [5.74, 6) is -2.74. The molecule has 1 aliphatic heterocycles. The van der Waals surface area contributed by atoms with E-state index in [1.54, 1.807) is 6.92 Å². The fourth-order valence-corrected chi connectivity index (χ4v) is 2.87. The van der Waals surface area contributed by atoms with E-state index in [1.807, 2.05) is 0 Å². The third-order valence-corrected chi connectivity index (χ3v) is 4.18. The number of aliphatic hydroxyl groups is 1. The zero-order valence-electron chi connectivity index (χ0n) is 12.8. The molecule has 126 valence electrons. The van der Waals surface area contributed by atoms with Crippen LogP contribution in [0.3, 0.4) is 0 Å². The summed E-state index contributed by atoms with van der Waals surface area (Å²) in [6, 6.07) is -0.535. The molecule has 1 saturated heterocycles.